The Labute approximate surface area is 109 Å². The molecular weight excluding hydrogens is 248 g/mol. The molecule has 0 unspecified atom stereocenters. The summed E-state index contributed by atoms with van der Waals surface area (Å²) in [7, 11) is 0. The Morgan fingerprint density at radius 1 is 1.39 bits per heavy atom. The van der Waals surface area contributed by atoms with Gasteiger partial charge < -0.3 is 10.3 Å². The lowest BCUT2D eigenvalue weighted by atomic mass is 10.3. The molecule has 0 aliphatic rings. The first-order valence-corrected chi connectivity index (χ1v) is 6.54. The van der Waals surface area contributed by atoms with E-state index in [1.807, 2.05) is 30.5 Å². The number of amides is 1. The zero-order valence-corrected chi connectivity index (χ0v) is 10.6. The van der Waals surface area contributed by atoms with Crippen LogP contribution in [0.25, 0.3) is 0 Å². The first-order valence-electron chi connectivity index (χ1n) is 5.32. The van der Waals surface area contributed by atoms with Crippen molar-refractivity contribution in [2.45, 2.75) is 4.90 Å². The summed E-state index contributed by atoms with van der Waals surface area (Å²) in [6.07, 6.45) is 4.17. The first-order chi connectivity index (χ1) is 8.72. The maximum atomic E-state index is 11.9. The van der Waals surface area contributed by atoms with Crippen LogP contribution in [0.15, 0.2) is 41.4 Å². The normalized spacial score (nSPS) is 10.1. The van der Waals surface area contributed by atoms with E-state index in [0.29, 0.717) is 17.5 Å². The zero-order chi connectivity index (χ0) is 13.0. The van der Waals surface area contributed by atoms with Gasteiger partial charge in [-0.1, -0.05) is 6.07 Å². The lowest BCUT2D eigenvalue weighted by Crippen LogP contribution is -2.12. The molecule has 1 heterocycles. The van der Waals surface area contributed by atoms with Crippen molar-refractivity contribution >= 4 is 29.6 Å². The molecule has 0 saturated heterocycles. The van der Waals surface area contributed by atoms with Crippen molar-refractivity contribution in [3.8, 4) is 0 Å². The van der Waals surface area contributed by atoms with Crippen LogP contribution in [0, 0.1) is 0 Å². The van der Waals surface area contributed by atoms with Crippen molar-refractivity contribution in [1.82, 2.24) is 4.98 Å². The van der Waals surface area contributed by atoms with Crippen LogP contribution in [-0.2, 0) is 0 Å². The minimum Gasteiger partial charge on any atom is -0.356 e. The summed E-state index contributed by atoms with van der Waals surface area (Å²) in [4.78, 5) is 26.2. The number of nitrogens with one attached hydrogen (secondary N) is 2. The van der Waals surface area contributed by atoms with Crippen molar-refractivity contribution in [3.63, 3.8) is 0 Å². The summed E-state index contributed by atoms with van der Waals surface area (Å²) < 4.78 is 0. The molecule has 4 nitrogen and oxygen atoms in total. The Morgan fingerprint density at radius 2 is 2.22 bits per heavy atom. The molecule has 1 amide bonds. The standard InChI is InChI=1S/C13H12N2O2S/c1-18-11-4-2-3-10(6-11)15-13(17)12-5-9(8-16)7-14-12/h2-8,14H,1H3,(H,15,17). The fourth-order valence-corrected chi connectivity index (χ4v) is 1.97. The second kappa shape index (κ2) is 5.55. The number of H-pyrrole nitrogens is 1. The SMILES string of the molecule is CSc1cccc(NC(=O)c2cc(C=O)c[nH]2)c1. The fraction of sp³-hybridized carbons (Fsp3) is 0.0769. The highest BCUT2D eigenvalue weighted by molar-refractivity contribution is 7.98. The van der Waals surface area contributed by atoms with Crippen LogP contribution in [-0.4, -0.2) is 23.4 Å². The van der Waals surface area contributed by atoms with E-state index in [1.54, 1.807) is 11.8 Å². The Balaban J connectivity index is 2.12. The summed E-state index contributed by atoms with van der Waals surface area (Å²) in [6.45, 7) is 0. The first kappa shape index (κ1) is 12.4. The Kier molecular flexibility index (Phi) is 3.84. The number of hydrogen-bond donors (Lipinski definition) is 2. The van der Waals surface area contributed by atoms with E-state index in [4.69, 9.17) is 0 Å². The molecule has 2 rings (SSSR count). The molecule has 1 aromatic heterocycles. The topological polar surface area (TPSA) is 62.0 Å². The summed E-state index contributed by atoms with van der Waals surface area (Å²) in [5, 5.41) is 2.77. The van der Waals surface area contributed by atoms with Crippen LogP contribution < -0.4 is 5.32 Å². The number of benzene rings is 1. The van der Waals surface area contributed by atoms with E-state index in [0.717, 1.165) is 10.6 Å². The smallest absolute Gasteiger partial charge is 0.272 e. The van der Waals surface area contributed by atoms with Gasteiger partial charge in [0.25, 0.3) is 5.91 Å². The number of carbonyl (C=O) groups is 2. The van der Waals surface area contributed by atoms with Crippen molar-refractivity contribution < 1.29 is 9.59 Å². The van der Waals surface area contributed by atoms with E-state index in [1.165, 1.54) is 12.3 Å². The largest absolute Gasteiger partial charge is 0.356 e. The Bertz CT molecular complexity index is 578. The van der Waals surface area contributed by atoms with Gasteiger partial charge in [-0.05, 0) is 30.5 Å². The van der Waals surface area contributed by atoms with Crippen LogP contribution in [0.5, 0.6) is 0 Å². The van der Waals surface area contributed by atoms with Gasteiger partial charge in [0.2, 0.25) is 0 Å². The number of aromatic amines is 1. The van der Waals surface area contributed by atoms with E-state index in [-0.39, 0.29) is 5.91 Å². The van der Waals surface area contributed by atoms with Crippen molar-refractivity contribution in [3.05, 3.63) is 47.8 Å². The summed E-state index contributed by atoms with van der Waals surface area (Å²) in [5.41, 5.74) is 1.55. The molecule has 0 aliphatic carbocycles. The number of thioether (sulfide) groups is 1. The molecule has 2 aromatic rings. The number of hydrogen-bond acceptors (Lipinski definition) is 3. The number of anilines is 1. The van der Waals surface area contributed by atoms with Crippen molar-refractivity contribution in [2.24, 2.45) is 0 Å². The third kappa shape index (κ3) is 2.81. The molecule has 2 N–H and O–H groups in total. The third-order valence-electron chi connectivity index (χ3n) is 2.41. The van der Waals surface area contributed by atoms with Gasteiger partial charge >= 0.3 is 0 Å². The van der Waals surface area contributed by atoms with Gasteiger partial charge in [0.1, 0.15) is 5.69 Å². The average Bonchev–Trinajstić information content (AvgIpc) is 2.88. The molecule has 18 heavy (non-hydrogen) atoms. The average molecular weight is 260 g/mol. The van der Waals surface area contributed by atoms with Gasteiger partial charge in [-0.25, -0.2) is 0 Å². The number of carbonyl (C=O) groups excluding carboxylic acids is 2. The molecule has 92 valence electrons. The van der Waals surface area contributed by atoms with Gasteiger partial charge in [0.15, 0.2) is 6.29 Å². The van der Waals surface area contributed by atoms with E-state index >= 15 is 0 Å². The van der Waals surface area contributed by atoms with Crippen LogP contribution in [0.4, 0.5) is 5.69 Å². The number of aromatic nitrogens is 1. The highest BCUT2D eigenvalue weighted by Crippen LogP contribution is 2.19. The maximum absolute atomic E-state index is 11.9. The van der Waals surface area contributed by atoms with Gasteiger partial charge in [-0.15, -0.1) is 11.8 Å². The van der Waals surface area contributed by atoms with Crippen molar-refractivity contribution in [1.29, 1.82) is 0 Å². The van der Waals surface area contributed by atoms with Gasteiger partial charge in [-0.2, -0.15) is 0 Å². The second-order valence-corrected chi connectivity index (χ2v) is 4.53. The second-order valence-electron chi connectivity index (χ2n) is 3.65. The van der Waals surface area contributed by atoms with Crippen LogP contribution >= 0.6 is 11.8 Å². The minimum absolute atomic E-state index is 0.263. The maximum Gasteiger partial charge on any atom is 0.272 e. The van der Waals surface area contributed by atoms with E-state index < -0.39 is 0 Å². The van der Waals surface area contributed by atoms with Crippen molar-refractivity contribution in [2.75, 3.05) is 11.6 Å². The molecule has 0 spiro atoms. The van der Waals surface area contributed by atoms with Gasteiger partial charge in [0, 0.05) is 22.3 Å². The van der Waals surface area contributed by atoms with E-state index in [2.05, 4.69) is 10.3 Å². The molecule has 0 atom stereocenters. The van der Waals surface area contributed by atoms with Crippen LogP contribution in [0.3, 0.4) is 0 Å². The fourth-order valence-electron chi connectivity index (χ4n) is 1.51. The number of aldehydes is 1. The molecule has 0 radical (unpaired) electrons. The highest BCUT2D eigenvalue weighted by Gasteiger charge is 2.08. The number of rotatable bonds is 4. The summed E-state index contributed by atoms with van der Waals surface area (Å²) >= 11 is 1.61. The zero-order valence-electron chi connectivity index (χ0n) is 9.77. The summed E-state index contributed by atoms with van der Waals surface area (Å²) in [6, 6.07) is 9.08. The minimum atomic E-state index is -0.263. The lowest BCUT2D eigenvalue weighted by Gasteiger charge is -2.05. The van der Waals surface area contributed by atoms with E-state index in [9.17, 15) is 9.59 Å². The molecule has 1 aromatic carbocycles. The monoisotopic (exact) mass is 260 g/mol. The Morgan fingerprint density at radius 3 is 2.89 bits per heavy atom. The highest BCUT2D eigenvalue weighted by atomic mass is 32.2. The molecule has 0 fully saturated rings. The molecule has 5 heteroatoms. The quantitative estimate of drug-likeness (QED) is 0.656. The lowest BCUT2D eigenvalue weighted by molar-refractivity contribution is 0.102. The molecule has 0 bridgehead atoms. The predicted molar refractivity (Wildman–Crippen MR) is 72.4 cm³/mol. The van der Waals surface area contributed by atoms with Crippen LogP contribution in [0.1, 0.15) is 20.8 Å². The molecular formula is C13H12N2O2S. The predicted octanol–water partition coefficient (Wildman–Crippen LogP) is 2.80. The van der Waals surface area contributed by atoms with Crippen LogP contribution in [0.2, 0.25) is 0 Å². The summed E-state index contributed by atoms with van der Waals surface area (Å²) in [5.74, 6) is -0.263. The van der Waals surface area contributed by atoms with Gasteiger partial charge in [-0.3, -0.25) is 9.59 Å². The van der Waals surface area contributed by atoms with Gasteiger partial charge in [0.05, 0.1) is 0 Å². The third-order valence-corrected chi connectivity index (χ3v) is 3.14. The molecule has 0 saturated carbocycles. The Hall–Kier alpha value is -2.01. The molecule has 0 aliphatic heterocycles.